The van der Waals surface area contributed by atoms with Gasteiger partial charge in [-0.05, 0) is 56.5 Å². The van der Waals surface area contributed by atoms with Gasteiger partial charge in [0.25, 0.3) is 5.91 Å². The molecule has 0 spiro atoms. The average molecular weight is 374 g/mol. The van der Waals surface area contributed by atoms with Crippen molar-refractivity contribution in [3.63, 3.8) is 0 Å². The van der Waals surface area contributed by atoms with Crippen LogP contribution in [0, 0.1) is 20.8 Å². The standard InChI is InChI=1S/C23H26N4O/c1-5-27(20-12-8-9-16(2)13-20)23(28)21-14-22(26-18(4)25-21)24-15-19-11-7-6-10-17(19)3/h6-14H,5,15H2,1-4H3,(H,24,25,26). The summed E-state index contributed by atoms with van der Waals surface area (Å²) < 4.78 is 0. The minimum atomic E-state index is -0.127. The fraction of sp³-hybridized carbons (Fsp3) is 0.261. The maximum atomic E-state index is 13.1. The van der Waals surface area contributed by atoms with Gasteiger partial charge in [-0.15, -0.1) is 0 Å². The van der Waals surface area contributed by atoms with E-state index in [-0.39, 0.29) is 5.91 Å². The molecule has 28 heavy (non-hydrogen) atoms. The third-order valence-corrected chi connectivity index (χ3v) is 4.65. The van der Waals surface area contributed by atoms with Gasteiger partial charge in [-0.2, -0.15) is 0 Å². The number of aryl methyl sites for hydroxylation is 3. The minimum absolute atomic E-state index is 0.127. The van der Waals surface area contributed by atoms with Crippen molar-refractivity contribution in [2.45, 2.75) is 34.2 Å². The topological polar surface area (TPSA) is 58.1 Å². The van der Waals surface area contributed by atoms with Gasteiger partial charge in [0.15, 0.2) is 0 Å². The first-order chi connectivity index (χ1) is 13.5. The number of rotatable bonds is 6. The molecule has 0 aliphatic carbocycles. The van der Waals surface area contributed by atoms with E-state index >= 15 is 0 Å². The highest BCUT2D eigenvalue weighted by Crippen LogP contribution is 2.19. The number of aromatic nitrogens is 2. The molecule has 0 unspecified atom stereocenters. The zero-order chi connectivity index (χ0) is 20.1. The third-order valence-electron chi connectivity index (χ3n) is 4.65. The Hall–Kier alpha value is -3.21. The number of nitrogens with one attached hydrogen (secondary N) is 1. The van der Waals surface area contributed by atoms with Crippen LogP contribution in [0.2, 0.25) is 0 Å². The van der Waals surface area contributed by atoms with Gasteiger partial charge in [0.05, 0.1) is 0 Å². The first-order valence-electron chi connectivity index (χ1n) is 9.50. The second-order valence-corrected chi connectivity index (χ2v) is 6.85. The van der Waals surface area contributed by atoms with Gasteiger partial charge < -0.3 is 10.2 Å². The molecule has 5 heteroatoms. The van der Waals surface area contributed by atoms with Crippen molar-refractivity contribution >= 4 is 17.4 Å². The molecule has 3 rings (SSSR count). The van der Waals surface area contributed by atoms with E-state index < -0.39 is 0 Å². The van der Waals surface area contributed by atoms with Crippen LogP contribution >= 0.6 is 0 Å². The Kier molecular flexibility index (Phi) is 6.04. The first kappa shape index (κ1) is 19.5. The van der Waals surface area contributed by atoms with Crippen LogP contribution in [0.25, 0.3) is 0 Å². The number of hydrogen-bond acceptors (Lipinski definition) is 4. The molecule has 0 atom stereocenters. The van der Waals surface area contributed by atoms with E-state index in [9.17, 15) is 4.79 Å². The maximum Gasteiger partial charge on any atom is 0.277 e. The zero-order valence-corrected chi connectivity index (χ0v) is 16.9. The Morgan fingerprint density at radius 3 is 2.50 bits per heavy atom. The van der Waals surface area contributed by atoms with Gasteiger partial charge in [-0.3, -0.25) is 4.79 Å². The molecule has 0 aliphatic heterocycles. The predicted octanol–water partition coefficient (Wildman–Crippen LogP) is 4.68. The lowest BCUT2D eigenvalue weighted by atomic mass is 10.1. The zero-order valence-electron chi connectivity index (χ0n) is 16.9. The summed E-state index contributed by atoms with van der Waals surface area (Å²) in [6.45, 7) is 9.08. The molecule has 0 saturated heterocycles. The molecule has 0 fully saturated rings. The average Bonchev–Trinajstić information content (AvgIpc) is 2.67. The van der Waals surface area contributed by atoms with Gasteiger partial charge in [-0.1, -0.05) is 36.4 Å². The van der Waals surface area contributed by atoms with E-state index in [0.29, 0.717) is 30.4 Å². The fourth-order valence-electron chi connectivity index (χ4n) is 3.14. The number of anilines is 2. The van der Waals surface area contributed by atoms with Gasteiger partial charge in [-0.25, -0.2) is 9.97 Å². The molecule has 3 aromatic rings. The van der Waals surface area contributed by atoms with Gasteiger partial charge in [0.2, 0.25) is 0 Å². The van der Waals surface area contributed by atoms with Crippen molar-refractivity contribution in [3.05, 3.63) is 82.8 Å². The van der Waals surface area contributed by atoms with Crippen molar-refractivity contribution in [3.8, 4) is 0 Å². The molecule has 0 radical (unpaired) electrons. The molecule has 1 amide bonds. The number of nitrogens with zero attached hydrogens (tertiary/aromatic N) is 3. The van der Waals surface area contributed by atoms with Crippen LogP contribution in [0.15, 0.2) is 54.6 Å². The normalized spacial score (nSPS) is 10.6. The highest BCUT2D eigenvalue weighted by atomic mass is 16.2. The van der Waals surface area contributed by atoms with Crippen LogP contribution in [0.1, 0.15) is 39.9 Å². The first-order valence-corrected chi connectivity index (χ1v) is 9.50. The Morgan fingerprint density at radius 1 is 1.00 bits per heavy atom. The van der Waals surface area contributed by atoms with E-state index in [1.165, 1.54) is 11.1 Å². The molecule has 0 bridgehead atoms. The lowest BCUT2D eigenvalue weighted by Crippen LogP contribution is -2.31. The molecule has 1 aromatic heterocycles. The summed E-state index contributed by atoms with van der Waals surface area (Å²) >= 11 is 0. The molecule has 0 saturated carbocycles. The largest absolute Gasteiger partial charge is 0.366 e. The van der Waals surface area contributed by atoms with Gasteiger partial charge >= 0.3 is 0 Å². The molecule has 0 aliphatic rings. The Labute approximate surface area is 166 Å². The summed E-state index contributed by atoms with van der Waals surface area (Å²) in [7, 11) is 0. The van der Waals surface area contributed by atoms with Crippen molar-refractivity contribution in [1.82, 2.24) is 9.97 Å². The smallest absolute Gasteiger partial charge is 0.277 e. The second-order valence-electron chi connectivity index (χ2n) is 6.85. The molecule has 1 heterocycles. The molecule has 144 valence electrons. The van der Waals surface area contributed by atoms with Crippen molar-refractivity contribution < 1.29 is 4.79 Å². The van der Waals surface area contributed by atoms with E-state index in [1.807, 2.05) is 50.2 Å². The number of amides is 1. The number of benzene rings is 2. The summed E-state index contributed by atoms with van der Waals surface area (Å²) in [5, 5.41) is 3.32. The second kappa shape index (κ2) is 8.65. The summed E-state index contributed by atoms with van der Waals surface area (Å²) in [5.74, 6) is 1.09. The summed E-state index contributed by atoms with van der Waals surface area (Å²) in [4.78, 5) is 23.7. The Balaban J connectivity index is 1.83. The summed E-state index contributed by atoms with van der Waals surface area (Å²) in [6, 6.07) is 17.9. The van der Waals surface area contributed by atoms with Crippen LogP contribution < -0.4 is 10.2 Å². The molecule has 5 nitrogen and oxygen atoms in total. The molecular formula is C23H26N4O. The SMILES string of the molecule is CCN(C(=O)c1cc(NCc2ccccc2C)nc(C)n1)c1cccc(C)c1. The van der Waals surface area contributed by atoms with Crippen LogP contribution in [0.3, 0.4) is 0 Å². The van der Waals surface area contributed by atoms with Crippen molar-refractivity contribution in [2.24, 2.45) is 0 Å². The van der Waals surface area contributed by atoms with Gasteiger partial charge in [0, 0.05) is 24.8 Å². The Bertz CT molecular complexity index is 984. The highest BCUT2D eigenvalue weighted by molar-refractivity contribution is 6.05. The van der Waals surface area contributed by atoms with Crippen LogP contribution in [-0.4, -0.2) is 22.4 Å². The minimum Gasteiger partial charge on any atom is -0.366 e. The van der Waals surface area contributed by atoms with E-state index in [0.717, 1.165) is 11.3 Å². The monoisotopic (exact) mass is 374 g/mol. The molecule has 2 aromatic carbocycles. The summed E-state index contributed by atoms with van der Waals surface area (Å²) in [6.07, 6.45) is 0. The number of carbonyl (C=O) groups is 1. The lowest BCUT2D eigenvalue weighted by Gasteiger charge is -2.21. The molecular weight excluding hydrogens is 348 g/mol. The van der Waals surface area contributed by atoms with Gasteiger partial charge in [0.1, 0.15) is 17.3 Å². The van der Waals surface area contributed by atoms with E-state index in [2.05, 4.69) is 34.3 Å². The van der Waals surface area contributed by atoms with Crippen molar-refractivity contribution in [1.29, 1.82) is 0 Å². The van der Waals surface area contributed by atoms with Crippen LogP contribution in [-0.2, 0) is 6.54 Å². The van der Waals surface area contributed by atoms with Crippen molar-refractivity contribution in [2.75, 3.05) is 16.8 Å². The predicted molar refractivity (Wildman–Crippen MR) is 114 cm³/mol. The maximum absolute atomic E-state index is 13.1. The highest BCUT2D eigenvalue weighted by Gasteiger charge is 2.19. The third kappa shape index (κ3) is 4.55. The molecule has 1 N–H and O–H groups in total. The van der Waals surface area contributed by atoms with Crippen LogP contribution in [0.5, 0.6) is 0 Å². The Morgan fingerprint density at radius 2 is 1.79 bits per heavy atom. The van der Waals surface area contributed by atoms with E-state index in [1.54, 1.807) is 17.9 Å². The number of hydrogen-bond donors (Lipinski definition) is 1. The van der Waals surface area contributed by atoms with Crippen LogP contribution in [0.4, 0.5) is 11.5 Å². The number of carbonyl (C=O) groups excluding carboxylic acids is 1. The van der Waals surface area contributed by atoms with E-state index in [4.69, 9.17) is 0 Å². The fourth-order valence-corrected chi connectivity index (χ4v) is 3.14. The summed E-state index contributed by atoms with van der Waals surface area (Å²) in [5.41, 5.74) is 4.79. The lowest BCUT2D eigenvalue weighted by molar-refractivity contribution is 0.0983. The quantitative estimate of drug-likeness (QED) is 0.680.